The fourth-order valence-electron chi connectivity index (χ4n) is 2.77. The van der Waals surface area contributed by atoms with E-state index in [0.29, 0.717) is 17.3 Å². The lowest BCUT2D eigenvalue weighted by atomic mass is 10.1. The zero-order chi connectivity index (χ0) is 19.4. The lowest BCUT2D eigenvalue weighted by Crippen LogP contribution is -2.17. The summed E-state index contributed by atoms with van der Waals surface area (Å²) in [5, 5.41) is 7.42. The van der Waals surface area contributed by atoms with Gasteiger partial charge in [0.05, 0.1) is 32.0 Å². The van der Waals surface area contributed by atoms with Gasteiger partial charge in [-0.15, -0.1) is 0 Å². The number of rotatable bonds is 6. The van der Waals surface area contributed by atoms with Crippen molar-refractivity contribution in [3.05, 3.63) is 64.3 Å². The van der Waals surface area contributed by atoms with E-state index in [-0.39, 0.29) is 12.3 Å². The SMILES string of the molecule is COc1ccc(OC)c(CC(=O)Nc2cc(C)nn2-c2cccc(Br)c2)c1. The maximum Gasteiger partial charge on any atom is 0.230 e. The summed E-state index contributed by atoms with van der Waals surface area (Å²) in [6.07, 6.45) is 0.156. The lowest BCUT2D eigenvalue weighted by Gasteiger charge is -2.12. The van der Waals surface area contributed by atoms with E-state index >= 15 is 0 Å². The number of benzene rings is 2. The summed E-state index contributed by atoms with van der Waals surface area (Å²) >= 11 is 3.46. The summed E-state index contributed by atoms with van der Waals surface area (Å²) in [5.74, 6) is 1.76. The number of nitrogens with one attached hydrogen (secondary N) is 1. The number of aromatic nitrogens is 2. The number of ether oxygens (including phenoxy) is 2. The number of nitrogens with zero attached hydrogens (tertiary/aromatic N) is 2. The number of amides is 1. The van der Waals surface area contributed by atoms with E-state index in [0.717, 1.165) is 21.4 Å². The van der Waals surface area contributed by atoms with Crippen LogP contribution < -0.4 is 14.8 Å². The van der Waals surface area contributed by atoms with Crippen LogP contribution in [0.4, 0.5) is 5.82 Å². The molecular formula is C20H20BrN3O3. The normalized spacial score (nSPS) is 10.5. The number of carbonyl (C=O) groups is 1. The van der Waals surface area contributed by atoms with Gasteiger partial charge in [-0.2, -0.15) is 5.10 Å². The number of aryl methyl sites for hydroxylation is 1. The molecule has 27 heavy (non-hydrogen) atoms. The summed E-state index contributed by atoms with van der Waals surface area (Å²) in [4.78, 5) is 12.7. The van der Waals surface area contributed by atoms with E-state index in [1.54, 1.807) is 37.1 Å². The van der Waals surface area contributed by atoms with Gasteiger partial charge in [0, 0.05) is 16.1 Å². The molecule has 0 spiro atoms. The van der Waals surface area contributed by atoms with Crippen molar-refractivity contribution in [3.63, 3.8) is 0 Å². The van der Waals surface area contributed by atoms with Gasteiger partial charge in [-0.3, -0.25) is 4.79 Å². The van der Waals surface area contributed by atoms with Gasteiger partial charge in [-0.1, -0.05) is 22.0 Å². The zero-order valence-corrected chi connectivity index (χ0v) is 16.9. The Morgan fingerprint density at radius 2 is 1.96 bits per heavy atom. The predicted molar refractivity (Wildman–Crippen MR) is 108 cm³/mol. The Kier molecular flexibility index (Phi) is 5.81. The summed E-state index contributed by atoms with van der Waals surface area (Å²) in [6, 6.07) is 14.9. The minimum atomic E-state index is -0.169. The van der Waals surface area contributed by atoms with Crippen molar-refractivity contribution < 1.29 is 14.3 Å². The topological polar surface area (TPSA) is 65.4 Å². The first-order chi connectivity index (χ1) is 13.0. The number of carbonyl (C=O) groups excluding carboxylic acids is 1. The molecule has 1 amide bonds. The van der Waals surface area contributed by atoms with Gasteiger partial charge >= 0.3 is 0 Å². The molecule has 0 unspecified atom stereocenters. The number of hydrogen-bond acceptors (Lipinski definition) is 4. The van der Waals surface area contributed by atoms with Crippen LogP contribution in [0.3, 0.4) is 0 Å². The molecule has 0 aliphatic rings. The highest BCUT2D eigenvalue weighted by Gasteiger charge is 2.14. The second-order valence-electron chi connectivity index (χ2n) is 5.97. The van der Waals surface area contributed by atoms with Crippen LogP contribution in [0.2, 0.25) is 0 Å². The van der Waals surface area contributed by atoms with Crippen LogP contribution in [0.15, 0.2) is 53.0 Å². The van der Waals surface area contributed by atoms with Crippen LogP contribution >= 0.6 is 15.9 Å². The van der Waals surface area contributed by atoms with E-state index in [1.165, 1.54) is 0 Å². The van der Waals surface area contributed by atoms with Crippen molar-refractivity contribution in [1.82, 2.24) is 9.78 Å². The first-order valence-electron chi connectivity index (χ1n) is 8.33. The fraction of sp³-hybridized carbons (Fsp3) is 0.200. The minimum absolute atomic E-state index is 0.156. The van der Waals surface area contributed by atoms with Crippen molar-refractivity contribution in [2.24, 2.45) is 0 Å². The van der Waals surface area contributed by atoms with E-state index in [1.807, 2.05) is 37.3 Å². The molecule has 1 heterocycles. The smallest absolute Gasteiger partial charge is 0.230 e. The second kappa shape index (κ2) is 8.26. The molecule has 0 radical (unpaired) electrons. The molecule has 0 aliphatic heterocycles. The average molecular weight is 430 g/mol. The highest BCUT2D eigenvalue weighted by molar-refractivity contribution is 9.10. The Hall–Kier alpha value is -2.80. The molecule has 7 heteroatoms. The zero-order valence-electron chi connectivity index (χ0n) is 15.3. The molecule has 0 fully saturated rings. The van der Waals surface area contributed by atoms with Gasteiger partial charge in [0.1, 0.15) is 17.3 Å². The van der Waals surface area contributed by atoms with E-state index in [2.05, 4.69) is 26.3 Å². The molecule has 1 aromatic heterocycles. The van der Waals surface area contributed by atoms with Gasteiger partial charge in [0.15, 0.2) is 0 Å². The Morgan fingerprint density at radius 1 is 1.15 bits per heavy atom. The second-order valence-corrected chi connectivity index (χ2v) is 6.88. The van der Waals surface area contributed by atoms with Crippen molar-refractivity contribution >= 4 is 27.7 Å². The predicted octanol–water partition coefficient (Wildman–Crippen LogP) is 4.14. The third-order valence-corrected chi connectivity index (χ3v) is 4.48. The Morgan fingerprint density at radius 3 is 2.67 bits per heavy atom. The summed E-state index contributed by atoms with van der Waals surface area (Å²) < 4.78 is 13.2. The largest absolute Gasteiger partial charge is 0.497 e. The lowest BCUT2D eigenvalue weighted by molar-refractivity contribution is -0.115. The molecule has 140 valence electrons. The maximum atomic E-state index is 12.7. The van der Waals surface area contributed by atoms with Crippen LogP contribution in [0, 0.1) is 6.92 Å². The molecule has 2 aromatic carbocycles. The molecule has 0 saturated heterocycles. The molecule has 1 N–H and O–H groups in total. The summed E-state index contributed by atoms with van der Waals surface area (Å²) in [5.41, 5.74) is 2.41. The molecule has 0 bridgehead atoms. The van der Waals surface area contributed by atoms with Crippen molar-refractivity contribution in [3.8, 4) is 17.2 Å². The highest BCUT2D eigenvalue weighted by Crippen LogP contribution is 2.25. The fourth-order valence-corrected chi connectivity index (χ4v) is 3.16. The van der Waals surface area contributed by atoms with Gasteiger partial charge in [-0.05, 0) is 43.3 Å². The van der Waals surface area contributed by atoms with Gasteiger partial charge in [-0.25, -0.2) is 4.68 Å². The molecule has 0 aliphatic carbocycles. The summed E-state index contributed by atoms with van der Waals surface area (Å²) in [7, 11) is 3.17. The molecule has 6 nitrogen and oxygen atoms in total. The highest BCUT2D eigenvalue weighted by atomic mass is 79.9. The number of halogens is 1. The standard InChI is InChI=1S/C20H20BrN3O3/c1-13-9-19(24(23-13)16-6-4-5-15(21)12-16)22-20(25)11-14-10-17(26-2)7-8-18(14)27-3/h4-10,12H,11H2,1-3H3,(H,22,25). The third-order valence-electron chi connectivity index (χ3n) is 3.99. The van der Waals surface area contributed by atoms with E-state index < -0.39 is 0 Å². The first-order valence-corrected chi connectivity index (χ1v) is 9.13. The molecule has 0 saturated carbocycles. The van der Waals surface area contributed by atoms with Gasteiger partial charge in [0.2, 0.25) is 5.91 Å². The van der Waals surface area contributed by atoms with Gasteiger partial charge in [0.25, 0.3) is 0 Å². The molecular weight excluding hydrogens is 410 g/mol. The monoisotopic (exact) mass is 429 g/mol. The van der Waals surface area contributed by atoms with Crippen molar-refractivity contribution in [2.45, 2.75) is 13.3 Å². The number of anilines is 1. The third kappa shape index (κ3) is 4.49. The maximum absolute atomic E-state index is 12.7. The van der Waals surface area contributed by atoms with Gasteiger partial charge < -0.3 is 14.8 Å². The van der Waals surface area contributed by atoms with Crippen LogP contribution in [-0.2, 0) is 11.2 Å². The minimum Gasteiger partial charge on any atom is -0.497 e. The van der Waals surface area contributed by atoms with Crippen LogP contribution in [-0.4, -0.2) is 29.9 Å². The number of methoxy groups -OCH3 is 2. The summed E-state index contributed by atoms with van der Waals surface area (Å²) in [6.45, 7) is 1.88. The van der Waals surface area contributed by atoms with Crippen molar-refractivity contribution in [1.29, 1.82) is 0 Å². The molecule has 3 rings (SSSR count). The van der Waals surface area contributed by atoms with Crippen LogP contribution in [0.25, 0.3) is 5.69 Å². The first kappa shape index (κ1) is 19.0. The Bertz CT molecular complexity index is 969. The Labute approximate surface area is 166 Å². The van der Waals surface area contributed by atoms with Crippen LogP contribution in [0.5, 0.6) is 11.5 Å². The average Bonchev–Trinajstić information content (AvgIpc) is 3.01. The van der Waals surface area contributed by atoms with Crippen LogP contribution in [0.1, 0.15) is 11.3 Å². The molecule has 0 atom stereocenters. The van der Waals surface area contributed by atoms with Crippen molar-refractivity contribution in [2.75, 3.05) is 19.5 Å². The Balaban J connectivity index is 1.83. The van der Waals surface area contributed by atoms with E-state index in [9.17, 15) is 4.79 Å². The van der Waals surface area contributed by atoms with E-state index in [4.69, 9.17) is 9.47 Å². The quantitative estimate of drug-likeness (QED) is 0.639. The number of hydrogen-bond donors (Lipinski definition) is 1. The molecule has 3 aromatic rings.